The summed E-state index contributed by atoms with van der Waals surface area (Å²) in [7, 11) is -1.21. The molecule has 0 saturated heterocycles. The van der Waals surface area contributed by atoms with Gasteiger partial charge in [0.25, 0.3) is 0 Å². The average molecular weight is 267 g/mol. The summed E-state index contributed by atoms with van der Waals surface area (Å²) in [6.45, 7) is -0.109. The van der Waals surface area contributed by atoms with E-state index >= 15 is 0 Å². The molecule has 0 radical (unpaired) electrons. The van der Waals surface area contributed by atoms with Crippen LogP contribution in [0.3, 0.4) is 0 Å². The highest BCUT2D eigenvalue weighted by atomic mass is 35.5. The number of rotatable bonds is 3. The summed E-state index contributed by atoms with van der Waals surface area (Å²) in [6, 6.07) is 2.39. The van der Waals surface area contributed by atoms with Crippen LogP contribution in [-0.2, 0) is 16.6 Å². The van der Waals surface area contributed by atoms with Gasteiger partial charge >= 0.3 is 0 Å². The predicted molar refractivity (Wildman–Crippen MR) is 60.2 cm³/mol. The van der Waals surface area contributed by atoms with Gasteiger partial charge < -0.3 is 5.73 Å². The fourth-order valence-electron chi connectivity index (χ4n) is 1.15. The molecule has 1 aromatic carbocycles. The van der Waals surface area contributed by atoms with E-state index in [2.05, 4.69) is 0 Å². The molecule has 0 fully saturated rings. The molecule has 7 heteroatoms. The van der Waals surface area contributed by atoms with Gasteiger partial charge in [-0.05, 0) is 12.1 Å². The van der Waals surface area contributed by atoms with Crippen molar-refractivity contribution in [2.75, 3.05) is 14.1 Å². The molecular formula is C9H12ClFN2O2S. The predicted octanol–water partition coefficient (Wildman–Crippen LogP) is 1.19. The number of nitrogens with two attached hydrogens (primary N) is 1. The first-order valence-electron chi connectivity index (χ1n) is 4.41. The van der Waals surface area contributed by atoms with Gasteiger partial charge in [0.2, 0.25) is 10.0 Å². The second-order valence-corrected chi connectivity index (χ2v) is 5.93. The third kappa shape index (κ3) is 2.35. The summed E-state index contributed by atoms with van der Waals surface area (Å²) < 4.78 is 38.2. The van der Waals surface area contributed by atoms with Crippen LogP contribution in [0.25, 0.3) is 0 Å². The molecular weight excluding hydrogens is 255 g/mol. The lowest BCUT2D eigenvalue weighted by molar-refractivity contribution is 0.505. The normalized spacial score (nSPS) is 12.1. The van der Waals surface area contributed by atoms with Gasteiger partial charge in [-0.2, -0.15) is 0 Å². The van der Waals surface area contributed by atoms with Crippen molar-refractivity contribution in [2.45, 2.75) is 11.4 Å². The lowest BCUT2D eigenvalue weighted by atomic mass is 10.2. The number of halogens is 2. The van der Waals surface area contributed by atoms with E-state index in [0.717, 1.165) is 10.4 Å². The standard InChI is InChI=1S/C9H12ClFN2O2S/c1-13(2)16(14,15)8-4-7(10)3-6(5-12)9(8)11/h3-4H,5,12H2,1-2H3. The summed E-state index contributed by atoms with van der Waals surface area (Å²) >= 11 is 5.71. The van der Waals surface area contributed by atoms with Gasteiger partial charge in [0, 0.05) is 31.2 Å². The Morgan fingerprint density at radius 2 is 2.00 bits per heavy atom. The zero-order valence-electron chi connectivity index (χ0n) is 8.87. The van der Waals surface area contributed by atoms with Crippen molar-refractivity contribution in [1.82, 2.24) is 4.31 Å². The third-order valence-corrected chi connectivity index (χ3v) is 4.09. The van der Waals surface area contributed by atoms with E-state index in [-0.39, 0.29) is 17.1 Å². The van der Waals surface area contributed by atoms with E-state index in [4.69, 9.17) is 17.3 Å². The Kier molecular flexibility index (Phi) is 3.90. The van der Waals surface area contributed by atoms with Crippen molar-refractivity contribution in [3.8, 4) is 0 Å². The Bertz CT molecular complexity index is 502. The van der Waals surface area contributed by atoms with Crippen molar-refractivity contribution in [2.24, 2.45) is 5.73 Å². The fraction of sp³-hybridized carbons (Fsp3) is 0.333. The minimum Gasteiger partial charge on any atom is -0.326 e. The van der Waals surface area contributed by atoms with E-state index in [0.29, 0.717) is 0 Å². The van der Waals surface area contributed by atoms with Crippen LogP contribution in [0, 0.1) is 5.82 Å². The minimum absolute atomic E-state index is 0.0768. The number of nitrogens with zero attached hydrogens (tertiary/aromatic N) is 1. The minimum atomic E-state index is -3.84. The zero-order valence-corrected chi connectivity index (χ0v) is 10.4. The fourth-order valence-corrected chi connectivity index (χ4v) is 2.48. The van der Waals surface area contributed by atoms with Gasteiger partial charge in [-0.1, -0.05) is 11.6 Å². The highest BCUT2D eigenvalue weighted by molar-refractivity contribution is 7.89. The Balaban J connectivity index is 3.52. The zero-order chi connectivity index (χ0) is 12.5. The van der Waals surface area contributed by atoms with Gasteiger partial charge in [-0.3, -0.25) is 0 Å². The molecule has 1 aromatic rings. The molecule has 0 atom stereocenters. The molecule has 2 N–H and O–H groups in total. The van der Waals surface area contributed by atoms with Crippen LogP contribution in [-0.4, -0.2) is 26.8 Å². The Hall–Kier alpha value is -0.690. The van der Waals surface area contributed by atoms with Crippen LogP contribution < -0.4 is 5.73 Å². The third-order valence-electron chi connectivity index (χ3n) is 2.06. The summed E-state index contributed by atoms with van der Waals surface area (Å²) in [5, 5.41) is 0.141. The van der Waals surface area contributed by atoms with Crippen LogP contribution >= 0.6 is 11.6 Å². The molecule has 0 bridgehead atoms. The highest BCUT2D eigenvalue weighted by Crippen LogP contribution is 2.25. The van der Waals surface area contributed by atoms with Gasteiger partial charge in [0.15, 0.2) is 0 Å². The van der Waals surface area contributed by atoms with Crippen molar-refractivity contribution >= 4 is 21.6 Å². The first kappa shape index (κ1) is 13.4. The molecule has 0 saturated carbocycles. The molecule has 0 aliphatic rings. The lowest BCUT2D eigenvalue weighted by Gasteiger charge is -2.13. The Labute approximate surface area is 98.9 Å². The van der Waals surface area contributed by atoms with Gasteiger partial charge in [-0.15, -0.1) is 0 Å². The SMILES string of the molecule is CN(C)S(=O)(=O)c1cc(Cl)cc(CN)c1F. The lowest BCUT2D eigenvalue weighted by Crippen LogP contribution is -2.24. The quantitative estimate of drug-likeness (QED) is 0.894. The van der Waals surface area contributed by atoms with E-state index in [1.807, 2.05) is 0 Å². The molecule has 0 aliphatic carbocycles. The van der Waals surface area contributed by atoms with Crippen molar-refractivity contribution in [3.05, 3.63) is 28.5 Å². The Morgan fingerprint density at radius 1 is 1.44 bits per heavy atom. The largest absolute Gasteiger partial charge is 0.326 e. The summed E-state index contributed by atoms with van der Waals surface area (Å²) in [6.07, 6.45) is 0. The van der Waals surface area contributed by atoms with E-state index in [9.17, 15) is 12.8 Å². The molecule has 1 rings (SSSR count). The van der Waals surface area contributed by atoms with Crippen LogP contribution in [0.15, 0.2) is 17.0 Å². The maximum absolute atomic E-state index is 13.8. The smallest absolute Gasteiger partial charge is 0.245 e. The molecule has 0 heterocycles. The van der Waals surface area contributed by atoms with E-state index in [1.165, 1.54) is 20.2 Å². The molecule has 0 aliphatic heterocycles. The number of benzene rings is 1. The van der Waals surface area contributed by atoms with Gasteiger partial charge in [-0.25, -0.2) is 17.1 Å². The van der Waals surface area contributed by atoms with Gasteiger partial charge in [0.1, 0.15) is 10.7 Å². The first-order valence-corrected chi connectivity index (χ1v) is 6.23. The van der Waals surface area contributed by atoms with Crippen LogP contribution in [0.1, 0.15) is 5.56 Å². The molecule has 90 valence electrons. The Morgan fingerprint density at radius 3 is 2.44 bits per heavy atom. The summed E-state index contributed by atoms with van der Waals surface area (Å²) in [5.41, 5.74) is 5.38. The summed E-state index contributed by atoms with van der Waals surface area (Å²) in [4.78, 5) is -0.453. The van der Waals surface area contributed by atoms with Crippen molar-refractivity contribution < 1.29 is 12.8 Å². The van der Waals surface area contributed by atoms with E-state index < -0.39 is 20.7 Å². The topological polar surface area (TPSA) is 63.4 Å². The molecule has 0 unspecified atom stereocenters. The number of sulfonamides is 1. The van der Waals surface area contributed by atoms with E-state index in [1.54, 1.807) is 0 Å². The number of hydrogen-bond donors (Lipinski definition) is 1. The molecule has 0 aromatic heterocycles. The summed E-state index contributed by atoms with van der Waals surface area (Å²) in [5.74, 6) is -0.847. The average Bonchev–Trinajstić information content (AvgIpc) is 2.20. The first-order chi connectivity index (χ1) is 7.30. The maximum Gasteiger partial charge on any atom is 0.245 e. The number of hydrogen-bond acceptors (Lipinski definition) is 3. The maximum atomic E-state index is 13.8. The van der Waals surface area contributed by atoms with Crippen LogP contribution in [0.2, 0.25) is 5.02 Å². The molecule has 16 heavy (non-hydrogen) atoms. The van der Waals surface area contributed by atoms with Crippen LogP contribution in [0.4, 0.5) is 4.39 Å². The molecule has 0 amide bonds. The molecule has 4 nitrogen and oxygen atoms in total. The van der Waals surface area contributed by atoms with Crippen molar-refractivity contribution in [3.63, 3.8) is 0 Å². The van der Waals surface area contributed by atoms with Gasteiger partial charge in [0.05, 0.1) is 0 Å². The second-order valence-electron chi connectivity index (χ2n) is 3.37. The van der Waals surface area contributed by atoms with Crippen LogP contribution in [0.5, 0.6) is 0 Å². The van der Waals surface area contributed by atoms with Crippen molar-refractivity contribution in [1.29, 1.82) is 0 Å². The highest BCUT2D eigenvalue weighted by Gasteiger charge is 2.24. The molecule has 0 spiro atoms. The second kappa shape index (κ2) is 4.67. The monoisotopic (exact) mass is 266 g/mol.